The van der Waals surface area contributed by atoms with E-state index in [2.05, 4.69) is 19.9 Å². The maximum absolute atomic E-state index is 8.88. The number of hydrogen-bond donors (Lipinski definition) is 2. The van der Waals surface area contributed by atoms with Crippen molar-refractivity contribution in [2.24, 2.45) is 0 Å². The van der Waals surface area contributed by atoms with Gasteiger partial charge in [0.1, 0.15) is 5.52 Å². The number of aromatic amines is 1. The highest BCUT2D eigenvalue weighted by Crippen LogP contribution is 2.22. The van der Waals surface area contributed by atoms with E-state index in [0.29, 0.717) is 18.6 Å². The predicted octanol–water partition coefficient (Wildman–Crippen LogP) is 1.21. The van der Waals surface area contributed by atoms with E-state index in [1.807, 2.05) is 11.8 Å². The van der Waals surface area contributed by atoms with Crippen molar-refractivity contribution >= 4 is 28.6 Å². The Balaban J connectivity index is 2.40. The first kappa shape index (κ1) is 12.1. The van der Waals surface area contributed by atoms with Crippen molar-refractivity contribution in [3.63, 3.8) is 0 Å². The van der Waals surface area contributed by atoms with Crippen LogP contribution in [0, 0.1) is 0 Å². The van der Waals surface area contributed by atoms with Gasteiger partial charge < -0.3 is 15.0 Å². The molecule has 2 aromatic rings. The van der Waals surface area contributed by atoms with E-state index in [1.165, 1.54) is 0 Å². The summed E-state index contributed by atoms with van der Waals surface area (Å²) in [5.41, 5.74) is 1.33. The number of fused-ring (bicyclic) bond motifs is 1. The summed E-state index contributed by atoms with van der Waals surface area (Å²) < 4.78 is 0. The van der Waals surface area contributed by atoms with Crippen LogP contribution in [0.25, 0.3) is 11.2 Å². The number of aromatic nitrogens is 4. The highest BCUT2D eigenvalue weighted by molar-refractivity contribution is 6.28. The molecule has 0 atom stereocenters. The lowest BCUT2D eigenvalue weighted by Crippen LogP contribution is -2.26. The standard InChI is InChI=1S/C10H14ClN5O/c1-2-16(4-3-5-17)9-7-8(13-6-12-7)14-10(11)15-9/h6,17H,2-5H2,1H3,(H,12,13,14,15). The summed E-state index contributed by atoms with van der Waals surface area (Å²) in [6, 6.07) is 0. The van der Waals surface area contributed by atoms with Crippen LogP contribution in [0.5, 0.6) is 0 Å². The van der Waals surface area contributed by atoms with Gasteiger partial charge in [-0.15, -0.1) is 0 Å². The summed E-state index contributed by atoms with van der Waals surface area (Å²) in [7, 11) is 0. The highest BCUT2D eigenvalue weighted by Gasteiger charge is 2.14. The minimum atomic E-state index is 0.154. The molecule has 0 spiro atoms. The Hall–Kier alpha value is -1.40. The molecule has 0 saturated heterocycles. The minimum Gasteiger partial charge on any atom is -0.396 e. The number of rotatable bonds is 5. The van der Waals surface area contributed by atoms with Gasteiger partial charge in [-0.05, 0) is 24.9 Å². The van der Waals surface area contributed by atoms with E-state index < -0.39 is 0 Å². The number of halogens is 1. The first-order valence-corrected chi connectivity index (χ1v) is 5.86. The number of H-pyrrole nitrogens is 1. The van der Waals surface area contributed by atoms with Crippen LogP contribution in [0.3, 0.4) is 0 Å². The van der Waals surface area contributed by atoms with Gasteiger partial charge in [-0.3, -0.25) is 0 Å². The van der Waals surface area contributed by atoms with Crippen LogP contribution in [-0.2, 0) is 0 Å². The van der Waals surface area contributed by atoms with Gasteiger partial charge in [-0.25, -0.2) is 4.98 Å². The van der Waals surface area contributed by atoms with Crippen LogP contribution in [0.4, 0.5) is 5.82 Å². The maximum Gasteiger partial charge on any atom is 0.226 e. The second-order valence-corrected chi connectivity index (χ2v) is 3.91. The van der Waals surface area contributed by atoms with Gasteiger partial charge in [0.2, 0.25) is 5.28 Å². The number of imidazole rings is 1. The third-order valence-corrected chi connectivity index (χ3v) is 2.68. The van der Waals surface area contributed by atoms with Crippen LogP contribution in [0.2, 0.25) is 5.28 Å². The number of hydrogen-bond acceptors (Lipinski definition) is 5. The van der Waals surface area contributed by atoms with Gasteiger partial charge in [0.25, 0.3) is 0 Å². The number of aliphatic hydroxyl groups is 1. The normalized spacial score (nSPS) is 11.0. The van der Waals surface area contributed by atoms with Crippen molar-refractivity contribution < 1.29 is 5.11 Å². The minimum absolute atomic E-state index is 0.154. The lowest BCUT2D eigenvalue weighted by atomic mass is 10.3. The maximum atomic E-state index is 8.88. The average Bonchev–Trinajstić information content (AvgIpc) is 2.77. The van der Waals surface area contributed by atoms with Gasteiger partial charge in [0, 0.05) is 19.7 Å². The van der Waals surface area contributed by atoms with Gasteiger partial charge in [-0.2, -0.15) is 9.97 Å². The molecule has 17 heavy (non-hydrogen) atoms. The average molecular weight is 256 g/mol. The lowest BCUT2D eigenvalue weighted by molar-refractivity contribution is 0.289. The monoisotopic (exact) mass is 255 g/mol. The molecule has 0 fully saturated rings. The van der Waals surface area contributed by atoms with E-state index in [4.69, 9.17) is 16.7 Å². The number of anilines is 1. The van der Waals surface area contributed by atoms with Crippen molar-refractivity contribution in [1.29, 1.82) is 0 Å². The Morgan fingerprint density at radius 2 is 2.29 bits per heavy atom. The van der Waals surface area contributed by atoms with Gasteiger partial charge in [0.05, 0.1) is 6.33 Å². The van der Waals surface area contributed by atoms with Crippen molar-refractivity contribution in [1.82, 2.24) is 19.9 Å². The van der Waals surface area contributed by atoms with Crippen molar-refractivity contribution in [3.8, 4) is 0 Å². The first-order chi connectivity index (χ1) is 8.26. The van der Waals surface area contributed by atoms with Crippen molar-refractivity contribution in [2.75, 3.05) is 24.6 Å². The third kappa shape index (κ3) is 2.48. The molecule has 0 aliphatic rings. The zero-order valence-corrected chi connectivity index (χ0v) is 10.3. The third-order valence-electron chi connectivity index (χ3n) is 2.51. The molecule has 0 aromatic carbocycles. The summed E-state index contributed by atoms with van der Waals surface area (Å²) in [6.45, 7) is 3.67. The van der Waals surface area contributed by atoms with Crippen molar-refractivity contribution in [2.45, 2.75) is 13.3 Å². The Bertz CT molecular complexity index is 500. The molecule has 92 valence electrons. The Morgan fingerprint density at radius 3 is 3.00 bits per heavy atom. The molecule has 2 rings (SSSR count). The van der Waals surface area contributed by atoms with Gasteiger partial charge in [0.15, 0.2) is 11.5 Å². The van der Waals surface area contributed by atoms with Gasteiger partial charge >= 0.3 is 0 Å². The fourth-order valence-corrected chi connectivity index (χ4v) is 1.86. The van der Waals surface area contributed by atoms with E-state index in [-0.39, 0.29) is 11.9 Å². The summed E-state index contributed by atoms with van der Waals surface area (Å²) >= 11 is 5.86. The second-order valence-electron chi connectivity index (χ2n) is 3.57. The number of nitrogens with one attached hydrogen (secondary N) is 1. The molecule has 0 aliphatic carbocycles. The molecule has 0 amide bonds. The SMILES string of the molecule is CCN(CCCO)c1nc(Cl)nc2nc[nH]c12. The quantitative estimate of drug-likeness (QED) is 0.786. The fourth-order valence-electron chi connectivity index (χ4n) is 1.70. The molecule has 0 aliphatic heterocycles. The summed E-state index contributed by atoms with van der Waals surface area (Å²) in [4.78, 5) is 17.4. The summed E-state index contributed by atoms with van der Waals surface area (Å²) in [5.74, 6) is 0.730. The van der Waals surface area contributed by atoms with E-state index in [1.54, 1.807) is 6.33 Å². The van der Waals surface area contributed by atoms with E-state index in [0.717, 1.165) is 17.9 Å². The van der Waals surface area contributed by atoms with E-state index >= 15 is 0 Å². The topological polar surface area (TPSA) is 77.9 Å². The highest BCUT2D eigenvalue weighted by atomic mass is 35.5. The summed E-state index contributed by atoms with van der Waals surface area (Å²) in [5, 5.41) is 9.06. The molecule has 0 bridgehead atoms. The largest absolute Gasteiger partial charge is 0.396 e. The number of nitrogens with zero attached hydrogens (tertiary/aromatic N) is 4. The predicted molar refractivity (Wildman–Crippen MR) is 66.3 cm³/mol. The molecular weight excluding hydrogens is 242 g/mol. The number of aliphatic hydroxyl groups excluding tert-OH is 1. The fraction of sp³-hybridized carbons (Fsp3) is 0.500. The van der Waals surface area contributed by atoms with Crippen LogP contribution in [0.15, 0.2) is 6.33 Å². The second kappa shape index (κ2) is 5.29. The lowest BCUT2D eigenvalue weighted by Gasteiger charge is -2.21. The molecule has 0 unspecified atom stereocenters. The van der Waals surface area contributed by atoms with Gasteiger partial charge in [-0.1, -0.05) is 0 Å². The smallest absolute Gasteiger partial charge is 0.226 e. The zero-order valence-electron chi connectivity index (χ0n) is 9.52. The zero-order chi connectivity index (χ0) is 12.3. The van der Waals surface area contributed by atoms with Crippen LogP contribution in [-0.4, -0.2) is 44.7 Å². The van der Waals surface area contributed by atoms with Crippen LogP contribution >= 0.6 is 11.6 Å². The Kier molecular flexibility index (Phi) is 3.75. The molecule has 6 nitrogen and oxygen atoms in total. The molecule has 2 heterocycles. The molecule has 0 saturated carbocycles. The van der Waals surface area contributed by atoms with E-state index in [9.17, 15) is 0 Å². The molecular formula is C10H14ClN5O. The van der Waals surface area contributed by atoms with Crippen LogP contribution < -0.4 is 4.90 Å². The molecule has 7 heteroatoms. The summed E-state index contributed by atoms with van der Waals surface area (Å²) in [6.07, 6.45) is 2.25. The Labute approximate surface area is 104 Å². The molecule has 0 radical (unpaired) electrons. The molecule has 2 N–H and O–H groups in total. The Morgan fingerprint density at radius 1 is 1.47 bits per heavy atom. The van der Waals surface area contributed by atoms with Crippen molar-refractivity contribution in [3.05, 3.63) is 11.6 Å². The first-order valence-electron chi connectivity index (χ1n) is 5.48. The molecule has 2 aromatic heterocycles. The van der Waals surface area contributed by atoms with Crippen LogP contribution in [0.1, 0.15) is 13.3 Å².